The number of ether oxygens (including phenoxy) is 3. The second kappa shape index (κ2) is 7.57. The molecule has 1 aromatic heterocycles. The summed E-state index contributed by atoms with van der Waals surface area (Å²) in [6.45, 7) is 1.92. The molecule has 0 saturated carbocycles. The van der Waals surface area contributed by atoms with Gasteiger partial charge in [-0.2, -0.15) is 13.2 Å². The molecule has 0 atom stereocenters. The molecular weight excluding hydrogens is 379 g/mol. The normalized spacial score (nSPS) is 13.3. The third-order valence-electron chi connectivity index (χ3n) is 4.32. The van der Waals surface area contributed by atoms with E-state index >= 15 is 0 Å². The van der Waals surface area contributed by atoms with Crippen molar-refractivity contribution >= 4 is 11.8 Å². The molecule has 0 fully saturated rings. The molecule has 2 heterocycles. The van der Waals surface area contributed by atoms with Crippen molar-refractivity contribution in [2.24, 2.45) is 0 Å². The summed E-state index contributed by atoms with van der Waals surface area (Å²) in [6.07, 6.45) is -4.40. The monoisotopic (exact) mass is 397 g/mol. The first-order valence-corrected chi connectivity index (χ1v) is 8.49. The van der Waals surface area contributed by atoms with Crippen molar-refractivity contribution in [3.63, 3.8) is 0 Å². The molecule has 0 N–H and O–H groups in total. The van der Waals surface area contributed by atoms with Crippen molar-refractivity contribution in [3.05, 3.63) is 46.8 Å². The van der Waals surface area contributed by atoms with Crippen molar-refractivity contribution in [3.8, 4) is 11.5 Å². The van der Waals surface area contributed by atoms with Crippen molar-refractivity contribution in [2.75, 3.05) is 19.8 Å². The highest BCUT2D eigenvalue weighted by atomic mass is 19.4. The molecule has 1 aromatic carbocycles. The molecule has 9 heteroatoms. The summed E-state index contributed by atoms with van der Waals surface area (Å²) in [5, 5.41) is 0. The van der Waals surface area contributed by atoms with Gasteiger partial charge in [0, 0.05) is 17.0 Å². The average Bonchev–Trinajstić information content (AvgIpc) is 2.92. The number of esters is 1. The number of Topliss-reactive ketones (excluding diaryl/α,β-unsaturated/α-hetero) is 1. The van der Waals surface area contributed by atoms with Crippen LogP contribution in [0.15, 0.2) is 24.3 Å². The Morgan fingerprint density at radius 2 is 1.79 bits per heavy atom. The number of nitrogens with zero attached hydrogens (tertiary/aromatic N) is 1. The Kier molecular flexibility index (Phi) is 5.35. The Hall–Kier alpha value is -2.97. The van der Waals surface area contributed by atoms with E-state index in [2.05, 4.69) is 0 Å². The highest BCUT2D eigenvalue weighted by Gasteiger charge is 2.30. The molecule has 1 aliphatic rings. The first-order chi connectivity index (χ1) is 13.2. The Labute approximate surface area is 158 Å². The first kappa shape index (κ1) is 19.8. The van der Waals surface area contributed by atoms with Crippen LogP contribution in [0.5, 0.6) is 11.5 Å². The lowest BCUT2D eigenvalue weighted by molar-refractivity contribution is -0.141. The largest absolute Gasteiger partial charge is 0.486 e. The molecule has 0 bridgehead atoms. The number of benzene rings is 1. The van der Waals surface area contributed by atoms with Gasteiger partial charge in [-0.25, -0.2) is 4.79 Å². The lowest BCUT2D eigenvalue weighted by atomic mass is 10.1. The highest BCUT2D eigenvalue weighted by Crippen LogP contribution is 2.31. The van der Waals surface area contributed by atoms with Gasteiger partial charge in [-0.3, -0.25) is 4.79 Å². The van der Waals surface area contributed by atoms with Crippen LogP contribution in [0.3, 0.4) is 0 Å². The fourth-order valence-electron chi connectivity index (χ4n) is 2.97. The molecule has 0 aliphatic carbocycles. The fourth-order valence-corrected chi connectivity index (χ4v) is 2.97. The van der Waals surface area contributed by atoms with Gasteiger partial charge in [0.05, 0.1) is 5.56 Å². The number of carbonyl (C=O) groups is 2. The Morgan fingerprint density at radius 1 is 1.11 bits per heavy atom. The standard InChI is InChI=1S/C19H18F3NO5/c1-11-7-14(12(2)23(11)10-19(20,21)22)15(24)9-28-18(25)13-3-4-16-17(8-13)27-6-5-26-16/h3-4,7-8H,5-6,9-10H2,1-2H3. The van der Waals surface area contributed by atoms with E-state index in [0.717, 1.165) is 4.57 Å². The predicted molar refractivity (Wildman–Crippen MR) is 92.0 cm³/mol. The number of fused-ring (bicyclic) bond motifs is 1. The summed E-state index contributed by atoms with van der Waals surface area (Å²) in [4.78, 5) is 24.5. The molecular formula is C19H18F3NO5. The minimum absolute atomic E-state index is 0.0942. The van der Waals surface area contributed by atoms with Crippen LogP contribution >= 0.6 is 0 Å². The van der Waals surface area contributed by atoms with Crippen molar-refractivity contribution < 1.29 is 37.0 Å². The number of halogens is 3. The molecule has 0 unspecified atom stereocenters. The SMILES string of the molecule is Cc1cc(C(=O)COC(=O)c2ccc3c(c2)OCCO3)c(C)n1CC(F)(F)F. The molecule has 3 rings (SSSR count). The molecule has 0 spiro atoms. The van der Waals surface area contributed by atoms with E-state index < -0.39 is 31.1 Å². The lowest BCUT2D eigenvalue weighted by Crippen LogP contribution is -2.20. The molecule has 2 aromatic rings. The second-order valence-corrected chi connectivity index (χ2v) is 6.34. The predicted octanol–water partition coefficient (Wildman–Crippen LogP) is 3.48. The Balaban J connectivity index is 1.67. The quantitative estimate of drug-likeness (QED) is 0.571. The zero-order valence-corrected chi connectivity index (χ0v) is 15.3. The molecule has 0 saturated heterocycles. The van der Waals surface area contributed by atoms with Crippen molar-refractivity contribution in [2.45, 2.75) is 26.6 Å². The van der Waals surface area contributed by atoms with Crippen LogP contribution in [0.4, 0.5) is 13.2 Å². The topological polar surface area (TPSA) is 66.8 Å². The number of aryl methyl sites for hydroxylation is 1. The van der Waals surface area contributed by atoms with Gasteiger partial charge >= 0.3 is 12.1 Å². The van der Waals surface area contributed by atoms with E-state index in [9.17, 15) is 22.8 Å². The van der Waals surface area contributed by atoms with E-state index in [-0.39, 0.29) is 16.8 Å². The smallest absolute Gasteiger partial charge is 0.406 e. The van der Waals surface area contributed by atoms with Gasteiger partial charge in [0.15, 0.2) is 18.1 Å². The summed E-state index contributed by atoms with van der Waals surface area (Å²) < 4.78 is 54.8. The molecule has 150 valence electrons. The number of hydrogen-bond donors (Lipinski definition) is 0. The maximum absolute atomic E-state index is 12.7. The fraction of sp³-hybridized carbons (Fsp3) is 0.368. The van der Waals surface area contributed by atoms with E-state index in [1.54, 1.807) is 6.07 Å². The minimum Gasteiger partial charge on any atom is -0.486 e. The highest BCUT2D eigenvalue weighted by molar-refractivity contribution is 6.00. The zero-order valence-electron chi connectivity index (χ0n) is 15.3. The maximum Gasteiger partial charge on any atom is 0.406 e. The Morgan fingerprint density at radius 3 is 2.46 bits per heavy atom. The molecule has 0 radical (unpaired) electrons. The third-order valence-corrected chi connectivity index (χ3v) is 4.32. The average molecular weight is 397 g/mol. The number of carbonyl (C=O) groups excluding carboxylic acids is 2. The molecule has 0 amide bonds. The van der Waals surface area contributed by atoms with Gasteiger partial charge in [-0.05, 0) is 38.1 Å². The summed E-state index contributed by atoms with van der Waals surface area (Å²) >= 11 is 0. The van der Waals surface area contributed by atoms with Crippen LogP contribution in [-0.2, 0) is 11.3 Å². The summed E-state index contributed by atoms with van der Waals surface area (Å²) in [5.41, 5.74) is 0.753. The van der Waals surface area contributed by atoms with Crippen LogP contribution in [0.1, 0.15) is 32.1 Å². The minimum atomic E-state index is -4.40. The van der Waals surface area contributed by atoms with Gasteiger partial charge in [0.2, 0.25) is 5.78 Å². The van der Waals surface area contributed by atoms with Gasteiger partial charge < -0.3 is 18.8 Å². The maximum atomic E-state index is 12.7. The summed E-state index contributed by atoms with van der Waals surface area (Å²) in [6, 6.07) is 5.87. The summed E-state index contributed by atoms with van der Waals surface area (Å²) in [5.74, 6) is -0.402. The van der Waals surface area contributed by atoms with Gasteiger partial charge in [-0.1, -0.05) is 0 Å². The second-order valence-electron chi connectivity index (χ2n) is 6.34. The van der Waals surface area contributed by atoms with Gasteiger partial charge in [0.1, 0.15) is 19.8 Å². The molecule has 6 nitrogen and oxygen atoms in total. The Bertz CT molecular complexity index is 917. The van der Waals surface area contributed by atoms with Crippen molar-refractivity contribution in [1.82, 2.24) is 4.57 Å². The third kappa shape index (κ3) is 4.29. The van der Waals surface area contributed by atoms with E-state index in [1.807, 2.05) is 0 Å². The van der Waals surface area contributed by atoms with E-state index in [4.69, 9.17) is 14.2 Å². The number of rotatable bonds is 5. The van der Waals surface area contributed by atoms with Crippen LogP contribution in [-0.4, -0.2) is 42.3 Å². The number of alkyl halides is 3. The molecule has 28 heavy (non-hydrogen) atoms. The van der Waals surface area contributed by atoms with E-state index in [0.29, 0.717) is 30.4 Å². The molecule has 1 aliphatic heterocycles. The zero-order chi connectivity index (χ0) is 20.5. The van der Waals surface area contributed by atoms with E-state index in [1.165, 1.54) is 32.0 Å². The van der Waals surface area contributed by atoms with Gasteiger partial charge in [0.25, 0.3) is 0 Å². The van der Waals surface area contributed by atoms with Gasteiger partial charge in [-0.15, -0.1) is 0 Å². The number of aromatic nitrogens is 1. The van der Waals surface area contributed by atoms with Crippen LogP contribution < -0.4 is 9.47 Å². The van der Waals surface area contributed by atoms with Crippen LogP contribution in [0, 0.1) is 13.8 Å². The number of hydrogen-bond acceptors (Lipinski definition) is 5. The van der Waals surface area contributed by atoms with Crippen molar-refractivity contribution in [1.29, 1.82) is 0 Å². The van der Waals surface area contributed by atoms with Crippen LogP contribution in [0.2, 0.25) is 0 Å². The lowest BCUT2D eigenvalue weighted by Gasteiger charge is -2.18. The van der Waals surface area contributed by atoms with Crippen LogP contribution in [0.25, 0.3) is 0 Å². The first-order valence-electron chi connectivity index (χ1n) is 8.49. The number of ketones is 1. The summed E-state index contributed by atoms with van der Waals surface area (Å²) in [7, 11) is 0.